The summed E-state index contributed by atoms with van der Waals surface area (Å²) < 4.78 is 29.2. The van der Waals surface area contributed by atoms with Crippen molar-refractivity contribution in [1.82, 2.24) is 19.9 Å². The summed E-state index contributed by atoms with van der Waals surface area (Å²) in [6.45, 7) is 0.680. The quantitative estimate of drug-likeness (QED) is 0.711. The summed E-state index contributed by atoms with van der Waals surface area (Å²) in [5.74, 6) is -1.48. The van der Waals surface area contributed by atoms with Crippen LogP contribution in [0.2, 0.25) is 0 Å². The maximum absolute atomic E-state index is 14.1. The third-order valence-electron chi connectivity index (χ3n) is 5.08. The normalized spacial score (nSPS) is 14.6. The van der Waals surface area contributed by atoms with Crippen LogP contribution in [0.1, 0.15) is 36.2 Å². The second-order valence-electron chi connectivity index (χ2n) is 6.88. The van der Waals surface area contributed by atoms with Crippen molar-refractivity contribution in [3.8, 4) is 16.9 Å². The van der Waals surface area contributed by atoms with Crippen molar-refractivity contribution in [1.29, 1.82) is 0 Å². The van der Waals surface area contributed by atoms with Crippen molar-refractivity contribution in [2.24, 2.45) is 5.92 Å². The van der Waals surface area contributed by atoms with E-state index in [-0.39, 0.29) is 11.6 Å². The highest BCUT2D eigenvalue weighted by atomic mass is 19.2. The van der Waals surface area contributed by atoms with Gasteiger partial charge in [-0.3, -0.25) is 9.36 Å². The van der Waals surface area contributed by atoms with E-state index in [2.05, 4.69) is 15.3 Å². The smallest absolute Gasteiger partial charge is 0.267 e. The van der Waals surface area contributed by atoms with Gasteiger partial charge in [0.1, 0.15) is 5.69 Å². The Morgan fingerprint density at radius 2 is 2.11 bits per heavy atom. The largest absolute Gasteiger partial charge is 0.357 e. The minimum atomic E-state index is -0.943. The lowest BCUT2D eigenvalue weighted by atomic mass is 10.1. The maximum Gasteiger partial charge on any atom is 0.267 e. The molecule has 27 heavy (non-hydrogen) atoms. The molecule has 1 aliphatic carbocycles. The minimum Gasteiger partial charge on any atom is -0.357 e. The number of carbonyl (C=O) groups excluding carboxylic acids is 1. The first-order valence-corrected chi connectivity index (χ1v) is 9.07. The summed E-state index contributed by atoms with van der Waals surface area (Å²) in [4.78, 5) is 19.4. The van der Waals surface area contributed by atoms with Gasteiger partial charge in [-0.25, -0.2) is 13.8 Å². The fourth-order valence-corrected chi connectivity index (χ4v) is 3.60. The molecule has 2 heterocycles. The number of imidazole rings is 1. The third-order valence-corrected chi connectivity index (χ3v) is 5.08. The number of amides is 1. The van der Waals surface area contributed by atoms with Crippen molar-refractivity contribution in [2.45, 2.75) is 25.7 Å². The predicted molar refractivity (Wildman–Crippen MR) is 97.6 cm³/mol. The number of benzene rings is 1. The molecule has 4 rings (SSSR count). The summed E-state index contributed by atoms with van der Waals surface area (Å²) in [7, 11) is 0. The van der Waals surface area contributed by atoms with Crippen molar-refractivity contribution in [3.05, 3.63) is 60.3 Å². The molecule has 2 N–H and O–H groups in total. The lowest BCUT2D eigenvalue weighted by molar-refractivity contribution is 0.0943. The molecule has 1 saturated carbocycles. The number of rotatable bonds is 5. The number of nitrogens with zero attached hydrogens (tertiary/aromatic N) is 2. The highest BCUT2D eigenvalue weighted by Gasteiger charge is 2.18. The van der Waals surface area contributed by atoms with Gasteiger partial charge in [0, 0.05) is 18.3 Å². The molecule has 2 aromatic heterocycles. The molecule has 1 amide bonds. The van der Waals surface area contributed by atoms with Crippen molar-refractivity contribution in [2.75, 3.05) is 6.54 Å². The number of aromatic amines is 1. The molecular formula is C20H20F2N4O. The van der Waals surface area contributed by atoms with Crippen molar-refractivity contribution in [3.63, 3.8) is 0 Å². The molecule has 0 unspecified atom stereocenters. The summed E-state index contributed by atoms with van der Waals surface area (Å²) in [6.07, 6.45) is 9.41. The Labute approximate surface area is 155 Å². The van der Waals surface area contributed by atoms with Gasteiger partial charge in [-0.2, -0.15) is 0 Å². The van der Waals surface area contributed by atoms with E-state index in [1.807, 2.05) is 0 Å². The molecule has 1 aliphatic rings. The van der Waals surface area contributed by atoms with E-state index in [4.69, 9.17) is 0 Å². The Morgan fingerprint density at radius 3 is 2.93 bits per heavy atom. The molecule has 7 heteroatoms. The highest BCUT2D eigenvalue weighted by Crippen LogP contribution is 2.26. The van der Waals surface area contributed by atoms with Gasteiger partial charge < -0.3 is 10.3 Å². The summed E-state index contributed by atoms with van der Waals surface area (Å²) in [5, 5.41) is 2.96. The van der Waals surface area contributed by atoms with Crippen LogP contribution in [-0.4, -0.2) is 27.0 Å². The zero-order valence-electron chi connectivity index (χ0n) is 14.7. The van der Waals surface area contributed by atoms with Crippen LogP contribution in [0.25, 0.3) is 16.9 Å². The van der Waals surface area contributed by atoms with Gasteiger partial charge in [0.15, 0.2) is 11.6 Å². The van der Waals surface area contributed by atoms with E-state index in [1.54, 1.807) is 18.5 Å². The van der Waals surface area contributed by atoms with E-state index in [1.165, 1.54) is 35.9 Å². The van der Waals surface area contributed by atoms with Crippen LogP contribution in [0.15, 0.2) is 43.0 Å². The molecular weight excluding hydrogens is 350 g/mol. The number of hydrogen-bond donors (Lipinski definition) is 2. The summed E-state index contributed by atoms with van der Waals surface area (Å²) in [6, 6.07) is 5.68. The SMILES string of the molecule is O=C(NCC1CCCC1)c1cc(-c2cncn2-c2cccc(F)c2F)c[nH]1. The average molecular weight is 370 g/mol. The summed E-state index contributed by atoms with van der Waals surface area (Å²) in [5.41, 5.74) is 1.72. The molecule has 0 bridgehead atoms. The standard InChI is InChI=1S/C20H20F2N4O/c21-15-6-3-7-17(19(15)22)26-12-23-11-18(26)14-8-16(24-10-14)20(27)25-9-13-4-1-2-5-13/h3,6-8,10-13,24H,1-2,4-5,9H2,(H,25,27). The Balaban J connectivity index is 1.55. The van der Waals surface area contributed by atoms with Crippen LogP contribution in [0.5, 0.6) is 0 Å². The number of nitrogens with one attached hydrogen (secondary N) is 2. The lowest BCUT2D eigenvalue weighted by Crippen LogP contribution is -2.28. The van der Waals surface area contributed by atoms with Crippen molar-refractivity contribution < 1.29 is 13.6 Å². The van der Waals surface area contributed by atoms with Crippen LogP contribution in [0, 0.1) is 17.6 Å². The number of halogens is 2. The van der Waals surface area contributed by atoms with Gasteiger partial charge in [0.05, 0.1) is 23.9 Å². The molecule has 0 aliphatic heterocycles. The maximum atomic E-state index is 14.1. The number of carbonyl (C=O) groups is 1. The molecule has 5 nitrogen and oxygen atoms in total. The second kappa shape index (κ2) is 7.34. The van der Waals surface area contributed by atoms with Gasteiger partial charge in [0.25, 0.3) is 5.91 Å². The first-order chi connectivity index (χ1) is 13.1. The average Bonchev–Trinajstić information content (AvgIpc) is 3.42. The molecule has 1 fully saturated rings. The van der Waals surface area contributed by atoms with E-state index < -0.39 is 11.6 Å². The van der Waals surface area contributed by atoms with Gasteiger partial charge in [-0.1, -0.05) is 18.9 Å². The third kappa shape index (κ3) is 3.49. The Morgan fingerprint density at radius 1 is 1.30 bits per heavy atom. The predicted octanol–water partition coefficient (Wildman–Crippen LogP) is 4.07. The summed E-state index contributed by atoms with van der Waals surface area (Å²) >= 11 is 0. The van der Waals surface area contributed by atoms with Gasteiger partial charge in [-0.05, 0) is 37.0 Å². The Hall–Kier alpha value is -2.96. The van der Waals surface area contributed by atoms with Crippen LogP contribution >= 0.6 is 0 Å². The monoisotopic (exact) mass is 370 g/mol. The van der Waals surface area contributed by atoms with Crippen molar-refractivity contribution >= 4 is 5.91 Å². The number of aromatic nitrogens is 3. The zero-order chi connectivity index (χ0) is 18.8. The van der Waals surface area contributed by atoms with Crippen LogP contribution in [0.3, 0.4) is 0 Å². The first kappa shape index (κ1) is 17.5. The highest BCUT2D eigenvalue weighted by molar-refractivity contribution is 5.93. The van der Waals surface area contributed by atoms with Crippen LogP contribution in [-0.2, 0) is 0 Å². The Kier molecular flexibility index (Phi) is 4.75. The lowest BCUT2D eigenvalue weighted by Gasteiger charge is -2.09. The number of H-pyrrole nitrogens is 1. The molecule has 1 aromatic carbocycles. The van der Waals surface area contributed by atoms with E-state index in [9.17, 15) is 13.6 Å². The van der Waals surface area contributed by atoms with E-state index >= 15 is 0 Å². The fourth-order valence-electron chi connectivity index (χ4n) is 3.60. The molecule has 0 spiro atoms. The van der Waals surface area contributed by atoms with Crippen LogP contribution in [0.4, 0.5) is 8.78 Å². The molecule has 0 saturated heterocycles. The first-order valence-electron chi connectivity index (χ1n) is 9.07. The van der Waals surface area contributed by atoms with Gasteiger partial charge >= 0.3 is 0 Å². The molecule has 140 valence electrons. The van der Waals surface area contributed by atoms with Gasteiger partial charge in [0.2, 0.25) is 0 Å². The fraction of sp³-hybridized carbons (Fsp3) is 0.300. The van der Waals surface area contributed by atoms with E-state index in [0.717, 1.165) is 18.9 Å². The zero-order valence-corrected chi connectivity index (χ0v) is 14.7. The Bertz CT molecular complexity index is 957. The molecule has 3 aromatic rings. The number of hydrogen-bond acceptors (Lipinski definition) is 2. The molecule has 0 radical (unpaired) electrons. The second-order valence-corrected chi connectivity index (χ2v) is 6.88. The van der Waals surface area contributed by atoms with Gasteiger partial charge in [-0.15, -0.1) is 0 Å². The topological polar surface area (TPSA) is 62.7 Å². The van der Waals surface area contributed by atoms with Crippen LogP contribution < -0.4 is 5.32 Å². The minimum absolute atomic E-state index is 0.0657. The molecule has 0 atom stereocenters. The van der Waals surface area contributed by atoms with E-state index in [0.29, 0.717) is 29.4 Å².